The van der Waals surface area contributed by atoms with Crippen LogP contribution in [0.15, 0.2) is 94.1 Å². The first kappa shape index (κ1) is 17.9. The van der Waals surface area contributed by atoms with Crippen molar-refractivity contribution in [2.24, 2.45) is 15.2 Å². The van der Waals surface area contributed by atoms with Crippen molar-refractivity contribution >= 4 is 23.3 Å². The fourth-order valence-corrected chi connectivity index (χ4v) is 3.48. The lowest BCUT2D eigenvalue weighted by Gasteiger charge is -2.11. The number of carbonyl (C=O) groups excluding carboxylic acids is 1. The van der Waals surface area contributed by atoms with E-state index < -0.39 is 6.29 Å². The molecule has 7 heteroatoms. The molecule has 1 aromatic heterocycles. The van der Waals surface area contributed by atoms with E-state index in [2.05, 4.69) is 37.2 Å². The van der Waals surface area contributed by atoms with Gasteiger partial charge in [0.2, 0.25) is 6.29 Å². The topological polar surface area (TPSA) is 84.0 Å². The molecule has 0 saturated carbocycles. The number of nitrogens with zero attached hydrogens (tertiary/aromatic N) is 5. The summed E-state index contributed by atoms with van der Waals surface area (Å²) >= 11 is 0. The predicted octanol–water partition coefficient (Wildman–Crippen LogP) is 4.26. The number of carbonyl (C=O) groups is 1. The Balaban J connectivity index is 1.59. The minimum absolute atomic E-state index is 0.256. The number of azo groups is 1. The molecule has 3 aromatic carbocycles. The van der Waals surface area contributed by atoms with Gasteiger partial charge in [-0.3, -0.25) is 4.79 Å². The molecule has 0 saturated heterocycles. The molecule has 1 amide bonds. The Kier molecular flexibility index (Phi) is 4.61. The smallest absolute Gasteiger partial charge is 0.254 e. The normalized spacial score (nSPS) is 15.0. The van der Waals surface area contributed by atoms with Gasteiger partial charge < -0.3 is 9.88 Å². The van der Waals surface area contributed by atoms with Crippen molar-refractivity contribution < 1.29 is 4.79 Å². The summed E-state index contributed by atoms with van der Waals surface area (Å²) in [6.45, 7) is 0.647. The number of imidazole rings is 1. The van der Waals surface area contributed by atoms with Crippen molar-refractivity contribution in [3.63, 3.8) is 0 Å². The Morgan fingerprint density at radius 1 is 0.967 bits per heavy atom. The van der Waals surface area contributed by atoms with Gasteiger partial charge in [0.25, 0.3) is 5.91 Å². The molecule has 1 N–H and O–H groups in total. The van der Waals surface area contributed by atoms with E-state index in [4.69, 9.17) is 4.98 Å². The van der Waals surface area contributed by atoms with Crippen LogP contribution in [-0.2, 0) is 6.54 Å². The largest absolute Gasteiger partial charge is 0.319 e. The van der Waals surface area contributed by atoms with Crippen LogP contribution in [0.25, 0.3) is 22.4 Å². The standard InChI is InChI=1S/C23H18N6O/c30-22(27-23-24-15-25-28-23)18-11-12-19-20(13-18)29(14-16-7-3-1-4-8-16)21(26-19)17-9-5-2-6-10-17/h1-13,15,23H,14H2,(H,27,30). The number of nitrogens with one attached hydrogen (secondary N) is 1. The van der Waals surface area contributed by atoms with Gasteiger partial charge in [0, 0.05) is 17.7 Å². The molecule has 0 spiro atoms. The highest BCUT2D eigenvalue weighted by Crippen LogP contribution is 2.27. The van der Waals surface area contributed by atoms with Crippen LogP contribution in [0.1, 0.15) is 15.9 Å². The Labute approximate surface area is 172 Å². The quantitative estimate of drug-likeness (QED) is 0.548. The minimum atomic E-state index is -0.665. The molecule has 0 aliphatic carbocycles. The van der Waals surface area contributed by atoms with Gasteiger partial charge in [0.05, 0.1) is 11.0 Å². The first-order valence-corrected chi connectivity index (χ1v) is 9.60. The van der Waals surface area contributed by atoms with Crippen LogP contribution in [0, 0.1) is 0 Å². The zero-order chi connectivity index (χ0) is 20.3. The second-order valence-electron chi connectivity index (χ2n) is 6.92. The summed E-state index contributed by atoms with van der Waals surface area (Å²) in [4.78, 5) is 21.5. The highest BCUT2D eigenvalue weighted by atomic mass is 16.2. The maximum Gasteiger partial charge on any atom is 0.254 e. The van der Waals surface area contributed by atoms with Crippen molar-refractivity contribution in [2.75, 3.05) is 0 Å². The van der Waals surface area contributed by atoms with Gasteiger partial charge in [-0.25, -0.2) is 9.98 Å². The number of fused-ring (bicyclic) bond motifs is 1. The van der Waals surface area contributed by atoms with Crippen LogP contribution in [-0.4, -0.2) is 28.1 Å². The molecule has 146 valence electrons. The molecule has 0 bridgehead atoms. The third-order valence-electron chi connectivity index (χ3n) is 4.92. The highest BCUT2D eigenvalue weighted by Gasteiger charge is 2.17. The number of hydrogen-bond acceptors (Lipinski definition) is 5. The zero-order valence-corrected chi connectivity index (χ0v) is 16.0. The molecule has 5 rings (SSSR count). The van der Waals surface area contributed by atoms with Gasteiger partial charge in [-0.05, 0) is 23.8 Å². The first-order chi connectivity index (χ1) is 14.8. The number of rotatable bonds is 5. The summed E-state index contributed by atoms with van der Waals surface area (Å²) in [5.41, 5.74) is 4.43. The van der Waals surface area contributed by atoms with Crippen molar-refractivity contribution in [1.82, 2.24) is 14.9 Å². The predicted molar refractivity (Wildman–Crippen MR) is 115 cm³/mol. The van der Waals surface area contributed by atoms with Crippen molar-refractivity contribution in [2.45, 2.75) is 12.8 Å². The van der Waals surface area contributed by atoms with Crippen LogP contribution in [0.3, 0.4) is 0 Å². The van der Waals surface area contributed by atoms with E-state index in [-0.39, 0.29) is 5.91 Å². The maximum absolute atomic E-state index is 12.7. The average molecular weight is 394 g/mol. The van der Waals surface area contributed by atoms with Gasteiger partial charge in [-0.15, -0.1) is 10.2 Å². The van der Waals surface area contributed by atoms with Gasteiger partial charge in [-0.2, -0.15) is 0 Å². The molecule has 7 nitrogen and oxygen atoms in total. The summed E-state index contributed by atoms with van der Waals surface area (Å²) in [5, 5.41) is 10.2. The lowest BCUT2D eigenvalue weighted by Crippen LogP contribution is -2.30. The Hall–Kier alpha value is -4.13. The number of benzene rings is 3. The summed E-state index contributed by atoms with van der Waals surface area (Å²) < 4.78 is 2.14. The third kappa shape index (κ3) is 3.48. The van der Waals surface area contributed by atoms with E-state index in [0.29, 0.717) is 12.1 Å². The fourth-order valence-electron chi connectivity index (χ4n) is 3.48. The molecule has 0 radical (unpaired) electrons. The Morgan fingerprint density at radius 3 is 2.47 bits per heavy atom. The van der Waals surface area contributed by atoms with E-state index in [1.807, 2.05) is 60.7 Å². The van der Waals surface area contributed by atoms with E-state index in [1.165, 1.54) is 6.34 Å². The average Bonchev–Trinajstić information content (AvgIpc) is 3.43. The molecule has 1 aliphatic rings. The molecule has 4 aromatic rings. The van der Waals surface area contributed by atoms with Crippen LogP contribution < -0.4 is 5.32 Å². The van der Waals surface area contributed by atoms with E-state index in [1.54, 1.807) is 6.07 Å². The van der Waals surface area contributed by atoms with Crippen molar-refractivity contribution in [1.29, 1.82) is 0 Å². The van der Waals surface area contributed by atoms with Crippen LogP contribution in [0.2, 0.25) is 0 Å². The van der Waals surface area contributed by atoms with Crippen LogP contribution in [0.5, 0.6) is 0 Å². The molecular formula is C23H18N6O. The maximum atomic E-state index is 12.7. The molecule has 0 fully saturated rings. The Morgan fingerprint density at radius 2 is 1.73 bits per heavy atom. The van der Waals surface area contributed by atoms with Crippen LogP contribution in [0.4, 0.5) is 0 Å². The second kappa shape index (κ2) is 7.71. The lowest BCUT2D eigenvalue weighted by molar-refractivity contribution is 0.0940. The molecule has 1 unspecified atom stereocenters. The molecule has 30 heavy (non-hydrogen) atoms. The van der Waals surface area contributed by atoms with Crippen LogP contribution >= 0.6 is 0 Å². The third-order valence-corrected chi connectivity index (χ3v) is 4.92. The van der Waals surface area contributed by atoms with E-state index >= 15 is 0 Å². The lowest BCUT2D eigenvalue weighted by atomic mass is 10.1. The summed E-state index contributed by atoms with van der Waals surface area (Å²) in [6, 6.07) is 25.8. The first-order valence-electron chi connectivity index (χ1n) is 9.60. The SMILES string of the molecule is O=C(NC1N=CN=N1)c1ccc2nc(-c3ccccc3)n(Cc3ccccc3)c2c1. The van der Waals surface area contributed by atoms with Crippen molar-refractivity contribution in [3.8, 4) is 11.4 Å². The van der Waals surface area contributed by atoms with E-state index in [0.717, 1.165) is 28.0 Å². The van der Waals surface area contributed by atoms with Gasteiger partial charge in [0.1, 0.15) is 12.2 Å². The monoisotopic (exact) mass is 394 g/mol. The molecular weight excluding hydrogens is 376 g/mol. The molecule has 1 atom stereocenters. The Bertz CT molecular complexity index is 1250. The zero-order valence-electron chi connectivity index (χ0n) is 16.0. The number of aliphatic imine (C=N–C) groups is 1. The minimum Gasteiger partial charge on any atom is -0.319 e. The second-order valence-corrected chi connectivity index (χ2v) is 6.92. The molecule has 2 heterocycles. The number of hydrogen-bond donors (Lipinski definition) is 1. The number of aromatic nitrogens is 2. The number of amides is 1. The fraction of sp³-hybridized carbons (Fsp3) is 0.0870. The summed E-state index contributed by atoms with van der Waals surface area (Å²) in [6.07, 6.45) is 0.664. The highest BCUT2D eigenvalue weighted by molar-refractivity contribution is 5.98. The summed E-state index contributed by atoms with van der Waals surface area (Å²) in [7, 11) is 0. The van der Waals surface area contributed by atoms with E-state index in [9.17, 15) is 4.79 Å². The van der Waals surface area contributed by atoms with Gasteiger partial charge >= 0.3 is 0 Å². The van der Waals surface area contributed by atoms with Gasteiger partial charge in [0.15, 0.2) is 0 Å². The molecule has 1 aliphatic heterocycles. The van der Waals surface area contributed by atoms with Gasteiger partial charge in [-0.1, -0.05) is 60.7 Å². The van der Waals surface area contributed by atoms with Crippen molar-refractivity contribution in [3.05, 3.63) is 90.0 Å². The summed E-state index contributed by atoms with van der Waals surface area (Å²) in [5.74, 6) is 0.606.